The zero-order valence-electron chi connectivity index (χ0n) is 13.1. The summed E-state index contributed by atoms with van der Waals surface area (Å²) in [6.07, 6.45) is 5.56. The smallest absolute Gasteiger partial charge is 0.239 e. The molecule has 114 valence electrons. The summed E-state index contributed by atoms with van der Waals surface area (Å²) in [5, 5.41) is 3.40. The quantitative estimate of drug-likeness (QED) is 0.906. The van der Waals surface area contributed by atoms with Gasteiger partial charge in [-0.25, -0.2) is 0 Å². The van der Waals surface area contributed by atoms with Crippen LogP contribution in [0.25, 0.3) is 0 Å². The van der Waals surface area contributed by atoms with Gasteiger partial charge in [0.1, 0.15) is 0 Å². The number of carbonyl (C=O) groups is 1. The van der Waals surface area contributed by atoms with Gasteiger partial charge >= 0.3 is 0 Å². The predicted molar refractivity (Wildman–Crippen MR) is 85.1 cm³/mol. The normalized spacial score (nSPS) is 28.8. The van der Waals surface area contributed by atoms with Crippen LogP contribution in [0.4, 0.5) is 0 Å². The molecule has 0 radical (unpaired) electrons. The maximum atomic E-state index is 12.8. The third-order valence-corrected chi connectivity index (χ3v) is 5.12. The molecule has 1 amide bonds. The second-order valence-corrected chi connectivity index (χ2v) is 6.69. The largest absolute Gasteiger partial charge is 0.337 e. The van der Waals surface area contributed by atoms with Crippen LogP contribution in [0.2, 0.25) is 0 Å². The first kappa shape index (κ1) is 14.6. The van der Waals surface area contributed by atoms with Crippen molar-refractivity contribution in [1.82, 2.24) is 10.2 Å². The average Bonchev–Trinajstić information content (AvgIpc) is 2.53. The van der Waals surface area contributed by atoms with Crippen LogP contribution < -0.4 is 5.32 Å². The number of nitrogens with one attached hydrogen (secondary N) is 1. The van der Waals surface area contributed by atoms with Gasteiger partial charge in [0.25, 0.3) is 0 Å². The van der Waals surface area contributed by atoms with Crippen LogP contribution in [0.15, 0.2) is 24.3 Å². The lowest BCUT2D eigenvalue weighted by molar-refractivity contribution is -0.135. The molecular weight excluding hydrogens is 260 g/mol. The van der Waals surface area contributed by atoms with Gasteiger partial charge < -0.3 is 10.2 Å². The van der Waals surface area contributed by atoms with Crippen LogP contribution >= 0.6 is 0 Å². The highest BCUT2D eigenvalue weighted by molar-refractivity contribution is 5.82. The maximum Gasteiger partial charge on any atom is 0.239 e. The van der Waals surface area contributed by atoms with Gasteiger partial charge in [-0.2, -0.15) is 0 Å². The molecule has 1 aliphatic carbocycles. The monoisotopic (exact) mass is 286 g/mol. The van der Waals surface area contributed by atoms with Gasteiger partial charge in [0.2, 0.25) is 5.91 Å². The first-order valence-corrected chi connectivity index (χ1v) is 8.24. The number of aryl methyl sites for hydroxylation is 1. The summed E-state index contributed by atoms with van der Waals surface area (Å²) in [7, 11) is 1.98. The highest BCUT2D eigenvalue weighted by atomic mass is 16.2. The predicted octanol–water partition coefficient (Wildman–Crippen LogP) is 2.91. The van der Waals surface area contributed by atoms with Crippen LogP contribution in [0.5, 0.6) is 0 Å². The molecule has 1 aliphatic heterocycles. The molecule has 1 saturated heterocycles. The van der Waals surface area contributed by atoms with Crippen LogP contribution in [-0.4, -0.2) is 30.4 Å². The number of hydrogen-bond acceptors (Lipinski definition) is 2. The van der Waals surface area contributed by atoms with E-state index in [4.69, 9.17) is 0 Å². The molecule has 0 bridgehead atoms. The second-order valence-electron chi connectivity index (χ2n) is 6.69. The molecule has 3 unspecified atom stereocenters. The Morgan fingerprint density at radius 2 is 2.10 bits per heavy atom. The number of carbonyl (C=O) groups excluding carboxylic acids is 1. The number of piperidine rings is 1. The Morgan fingerprint density at radius 1 is 1.29 bits per heavy atom. The summed E-state index contributed by atoms with van der Waals surface area (Å²) in [6, 6.07) is 8.86. The fraction of sp³-hybridized carbons (Fsp3) is 0.611. The van der Waals surface area contributed by atoms with Gasteiger partial charge in [0, 0.05) is 7.05 Å². The minimum Gasteiger partial charge on any atom is -0.337 e. The SMILES string of the molecule is CC1CCNC(C(=O)N(C)C2CCCc3ccccc32)C1. The fourth-order valence-electron chi connectivity index (χ4n) is 3.83. The van der Waals surface area contributed by atoms with Crippen LogP contribution in [-0.2, 0) is 11.2 Å². The van der Waals surface area contributed by atoms with E-state index < -0.39 is 0 Å². The molecule has 1 aromatic carbocycles. The van der Waals surface area contributed by atoms with E-state index in [0.717, 1.165) is 25.8 Å². The highest BCUT2D eigenvalue weighted by Crippen LogP contribution is 2.34. The van der Waals surface area contributed by atoms with E-state index >= 15 is 0 Å². The Hall–Kier alpha value is -1.35. The van der Waals surface area contributed by atoms with Gasteiger partial charge in [-0.1, -0.05) is 31.2 Å². The Bertz CT molecular complexity index is 514. The van der Waals surface area contributed by atoms with E-state index in [1.54, 1.807) is 0 Å². The van der Waals surface area contributed by atoms with Gasteiger partial charge in [-0.05, 0) is 55.7 Å². The summed E-state index contributed by atoms with van der Waals surface area (Å²) >= 11 is 0. The van der Waals surface area contributed by atoms with Crippen LogP contribution in [0.3, 0.4) is 0 Å². The third-order valence-electron chi connectivity index (χ3n) is 5.12. The lowest BCUT2D eigenvalue weighted by Crippen LogP contribution is -2.50. The zero-order valence-corrected chi connectivity index (χ0v) is 13.1. The van der Waals surface area contributed by atoms with E-state index in [0.29, 0.717) is 5.92 Å². The van der Waals surface area contributed by atoms with Crippen molar-refractivity contribution in [3.63, 3.8) is 0 Å². The van der Waals surface area contributed by atoms with Crippen molar-refractivity contribution in [3.8, 4) is 0 Å². The molecule has 2 aliphatic rings. The number of amides is 1. The van der Waals surface area contributed by atoms with Crippen LogP contribution in [0.1, 0.15) is 49.8 Å². The van der Waals surface area contributed by atoms with Crippen molar-refractivity contribution in [2.75, 3.05) is 13.6 Å². The molecule has 1 aromatic rings. The lowest BCUT2D eigenvalue weighted by atomic mass is 9.86. The molecule has 1 fully saturated rings. The second kappa shape index (κ2) is 6.18. The van der Waals surface area contributed by atoms with E-state index in [9.17, 15) is 4.79 Å². The Balaban J connectivity index is 1.76. The summed E-state index contributed by atoms with van der Waals surface area (Å²) in [4.78, 5) is 14.8. The summed E-state index contributed by atoms with van der Waals surface area (Å²) in [6.45, 7) is 3.21. The number of fused-ring (bicyclic) bond motifs is 1. The maximum absolute atomic E-state index is 12.8. The molecule has 0 spiro atoms. The fourth-order valence-corrected chi connectivity index (χ4v) is 3.83. The topological polar surface area (TPSA) is 32.3 Å². The zero-order chi connectivity index (χ0) is 14.8. The molecule has 3 atom stereocenters. The van der Waals surface area contributed by atoms with Crippen molar-refractivity contribution >= 4 is 5.91 Å². The van der Waals surface area contributed by atoms with Crippen molar-refractivity contribution in [2.24, 2.45) is 5.92 Å². The molecule has 3 nitrogen and oxygen atoms in total. The lowest BCUT2D eigenvalue weighted by Gasteiger charge is -2.37. The summed E-state index contributed by atoms with van der Waals surface area (Å²) in [5.41, 5.74) is 2.77. The summed E-state index contributed by atoms with van der Waals surface area (Å²) < 4.78 is 0. The van der Waals surface area contributed by atoms with Crippen molar-refractivity contribution in [1.29, 1.82) is 0 Å². The Morgan fingerprint density at radius 3 is 2.90 bits per heavy atom. The van der Waals surface area contributed by atoms with Crippen molar-refractivity contribution < 1.29 is 4.79 Å². The van der Waals surface area contributed by atoms with Gasteiger partial charge in [0.05, 0.1) is 12.1 Å². The standard InChI is InChI=1S/C18H26N2O/c1-13-10-11-19-16(12-13)18(21)20(2)17-9-5-7-14-6-3-4-8-15(14)17/h3-4,6,8,13,16-17,19H,5,7,9-12H2,1-2H3. The molecule has 3 rings (SSSR count). The molecule has 1 N–H and O–H groups in total. The van der Waals surface area contributed by atoms with Gasteiger partial charge in [-0.3, -0.25) is 4.79 Å². The number of hydrogen-bond donors (Lipinski definition) is 1. The molecule has 3 heteroatoms. The van der Waals surface area contributed by atoms with E-state index in [2.05, 4.69) is 36.5 Å². The first-order chi connectivity index (χ1) is 10.2. The number of likely N-dealkylation sites (N-methyl/N-ethyl adjacent to an activating group) is 1. The van der Waals surface area contributed by atoms with Crippen molar-refractivity contribution in [3.05, 3.63) is 35.4 Å². The Labute approximate surface area is 127 Å². The van der Waals surface area contributed by atoms with E-state index in [-0.39, 0.29) is 18.0 Å². The molecule has 21 heavy (non-hydrogen) atoms. The van der Waals surface area contributed by atoms with Gasteiger partial charge in [0.15, 0.2) is 0 Å². The molecule has 0 saturated carbocycles. The summed E-state index contributed by atoms with van der Waals surface area (Å²) in [5.74, 6) is 0.912. The first-order valence-electron chi connectivity index (χ1n) is 8.24. The van der Waals surface area contributed by atoms with Crippen molar-refractivity contribution in [2.45, 2.75) is 51.1 Å². The minimum absolute atomic E-state index is 0.00726. The minimum atomic E-state index is 0.00726. The van der Waals surface area contributed by atoms with Gasteiger partial charge in [-0.15, -0.1) is 0 Å². The highest BCUT2D eigenvalue weighted by Gasteiger charge is 2.32. The molecule has 1 heterocycles. The molecule has 0 aromatic heterocycles. The average molecular weight is 286 g/mol. The number of nitrogens with zero attached hydrogens (tertiary/aromatic N) is 1. The molecular formula is C18H26N2O. The third kappa shape index (κ3) is 2.98. The number of rotatable bonds is 2. The number of benzene rings is 1. The van der Waals surface area contributed by atoms with Crippen LogP contribution in [0, 0.1) is 5.92 Å². The Kier molecular flexibility index (Phi) is 4.29. The van der Waals surface area contributed by atoms with E-state index in [1.807, 2.05) is 11.9 Å². The van der Waals surface area contributed by atoms with E-state index in [1.165, 1.54) is 24.0 Å².